The van der Waals surface area contributed by atoms with Gasteiger partial charge in [-0.1, -0.05) is 20.8 Å². The third-order valence-electron chi connectivity index (χ3n) is 2.38. The van der Waals surface area contributed by atoms with Gasteiger partial charge in [0.1, 0.15) is 0 Å². The van der Waals surface area contributed by atoms with E-state index in [2.05, 4.69) is 0 Å². The lowest BCUT2D eigenvalue weighted by Crippen LogP contribution is -2.38. The van der Waals surface area contributed by atoms with Crippen molar-refractivity contribution >= 4 is 11.9 Å². The molecule has 4 heteroatoms. The van der Waals surface area contributed by atoms with E-state index in [1.54, 1.807) is 6.92 Å². The monoisotopic (exact) mass is 211 g/mol. The first-order valence-corrected chi connectivity index (χ1v) is 5.16. The summed E-state index contributed by atoms with van der Waals surface area (Å²) < 4.78 is 0. The maximum atomic E-state index is 11.7. The van der Waals surface area contributed by atoms with Crippen molar-refractivity contribution in [2.75, 3.05) is 6.54 Å². The molecule has 0 bridgehead atoms. The van der Waals surface area contributed by atoms with E-state index < -0.39 is 5.97 Å². The highest BCUT2D eigenvalue weighted by Crippen LogP contribution is 2.22. The Bertz CT molecular complexity index is 307. The summed E-state index contributed by atoms with van der Waals surface area (Å²) in [6, 6.07) is 0. The average Bonchev–Trinajstić information content (AvgIpc) is 2.11. The van der Waals surface area contributed by atoms with Crippen molar-refractivity contribution < 1.29 is 14.7 Å². The fourth-order valence-electron chi connectivity index (χ4n) is 1.68. The van der Waals surface area contributed by atoms with Crippen molar-refractivity contribution in [1.29, 1.82) is 0 Å². The number of hydrogen-bond acceptors (Lipinski definition) is 2. The molecule has 0 saturated heterocycles. The maximum Gasteiger partial charge on any atom is 0.333 e. The van der Waals surface area contributed by atoms with Crippen LogP contribution in [0.2, 0.25) is 0 Å². The number of nitrogens with zero attached hydrogens (tertiary/aromatic N) is 1. The molecule has 1 rings (SSSR count). The minimum absolute atomic E-state index is 0.0219. The van der Waals surface area contributed by atoms with Gasteiger partial charge >= 0.3 is 5.97 Å². The Balaban J connectivity index is 2.87. The third-order valence-corrected chi connectivity index (χ3v) is 2.38. The summed E-state index contributed by atoms with van der Waals surface area (Å²) in [4.78, 5) is 24.1. The van der Waals surface area contributed by atoms with E-state index in [1.807, 2.05) is 13.8 Å². The highest BCUT2D eigenvalue weighted by atomic mass is 16.4. The summed E-state index contributed by atoms with van der Waals surface area (Å²) in [6.07, 6.45) is 1.81. The second-order valence-electron chi connectivity index (χ2n) is 4.45. The number of carbonyl (C=O) groups is 2. The van der Waals surface area contributed by atoms with Crippen LogP contribution in [0.15, 0.2) is 11.8 Å². The number of carbonyl (C=O) groups excluding carboxylic acids is 1. The minimum Gasteiger partial charge on any atom is -0.478 e. The lowest BCUT2D eigenvalue weighted by atomic mass is 9.96. The van der Waals surface area contributed by atoms with Crippen LogP contribution in [0.3, 0.4) is 0 Å². The molecule has 1 aliphatic rings. The molecule has 1 unspecified atom stereocenters. The van der Waals surface area contributed by atoms with E-state index in [4.69, 9.17) is 5.11 Å². The number of carboxylic acid groups (broad SMARTS) is 1. The van der Waals surface area contributed by atoms with Crippen LogP contribution in [-0.4, -0.2) is 28.4 Å². The predicted octanol–water partition coefficient (Wildman–Crippen LogP) is 1.48. The summed E-state index contributed by atoms with van der Waals surface area (Å²) in [5, 5.41) is 8.89. The first-order valence-electron chi connectivity index (χ1n) is 5.16. The van der Waals surface area contributed by atoms with E-state index in [-0.39, 0.29) is 11.8 Å². The number of hydrogen-bond donors (Lipinski definition) is 1. The highest BCUT2D eigenvalue weighted by Gasteiger charge is 2.28. The Morgan fingerprint density at radius 1 is 1.67 bits per heavy atom. The number of carboxylic acids is 1. The van der Waals surface area contributed by atoms with Crippen molar-refractivity contribution in [2.24, 2.45) is 11.8 Å². The molecule has 0 fully saturated rings. The van der Waals surface area contributed by atoms with Crippen LogP contribution in [0, 0.1) is 11.8 Å². The molecule has 0 radical (unpaired) electrons. The summed E-state index contributed by atoms with van der Waals surface area (Å²) in [5.41, 5.74) is 0.322. The summed E-state index contributed by atoms with van der Waals surface area (Å²) in [5.74, 6) is -0.790. The fraction of sp³-hybridized carbons (Fsp3) is 0.636. The molecule has 84 valence electrons. The second-order valence-corrected chi connectivity index (χ2v) is 4.45. The molecule has 0 aromatic heterocycles. The van der Waals surface area contributed by atoms with Gasteiger partial charge in [-0.15, -0.1) is 0 Å². The van der Waals surface area contributed by atoms with Crippen LogP contribution >= 0.6 is 0 Å². The smallest absolute Gasteiger partial charge is 0.333 e. The lowest BCUT2D eigenvalue weighted by Gasteiger charge is -2.29. The van der Waals surface area contributed by atoms with Gasteiger partial charge in [-0.3, -0.25) is 4.79 Å². The molecular formula is C11H17NO3. The number of amides is 1. The number of rotatable bonds is 3. The van der Waals surface area contributed by atoms with Gasteiger partial charge in [-0.25, -0.2) is 4.79 Å². The average molecular weight is 211 g/mol. The Hall–Kier alpha value is -1.32. The van der Waals surface area contributed by atoms with Gasteiger partial charge in [0.2, 0.25) is 5.91 Å². The molecule has 1 atom stereocenters. The van der Waals surface area contributed by atoms with Crippen LogP contribution in [-0.2, 0) is 9.59 Å². The maximum absolute atomic E-state index is 11.7. The topological polar surface area (TPSA) is 57.6 Å². The van der Waals surface area contributed by atoms with Crippen molar-refractivity contribution in [2.45, 2.75) is 27.2 Å². The summed E-state index contributed by atoms with van der Waals surface area (Å²) in [6.45, 7) is 6.35. The van der Waals surface area contributed by atoms with Gasteiger partial charge in [-0.05, 0) is 12.3 Å². The predicted molar refractivity (Wildman–Crippen MR) is 56.1 cm³/mol. The van der Waals surface area contributed by atoms with Crippen LogP contribution in [0.4, 0.5) is 0 Å². The van der Waals surface area contributed by atoms with E-state index in [0.717, 1.165) is 0 Å². The van der Waals surface area contributed by atoms with Crippen LogP contribution in [0.1, 0.15) is 27.2 Å². The van der Waals surface area contributed by atoms with Gasteiger partial charge < -0.3 is 10.0 Å². The quantitative estimate of drug-likeness (QED) is 0.769. The normalized spacial score (nSPS) is 21.9. The van der Waals surface area contributed by atoms with E-state index in [9.17, 15) is 9.59 Å². The summed E-state index contributed by atoms with van der Waals surface area (Å²) in [7, 11) is 0. The highest BCUT2D eigenvalue weighted by molar-refractivity contribution is 5.91. The molecule has 1 amide bonds. The van der Waals surface area contributed by atoms with Crippen LogP contribution < -0.4 is 0 Å². The van der Waals surface area contributed by atoms with E-state index in [1.165, 1.54) is 11.1 Å². The molecule has 0 aromatic carbocycles. The van der Waals surface area contributed by atoms with E-state index >= 15 is 0 Å². The van der Waals surface area contributed by atoms with Crippen molar-refractivity contribution in [3.05, 3.63) is 11.8 Å². The zero-order chi connectivity index (χ0) is 11.6. The largest absolute Gasteiger partial charge is 0.478 e. The van der Waals surface area contributed by atoms with E-state index in [0.29, 0.717) is 24.5 Å². The van der Waals surface area contributed by atoms with Crippen molar-refractivity contribution in [3.63, 3.8) is 0 Å². The zero-order valence-corrected chi connectivity index (χ0v) is 9.36. The Morgan fingerprint density at radius 3 is 2.73 bits per heavy atom. The molecule has 0 spiro atoms. The van der Waals surface area contributed by atoms with Crippen LogP contribution in [0.25, 0.3) is 0 Å². The molecule has 0 saturated carbocycles. The SMILES string of the molecule is CC(C)CN1C=C(C(=O)O)CC(C)C1=O. The molecule has 1 aliphatic heterocycles. The standard InChI is InChI=1S/C11H17NO3/c1-7(2)5-12-6-9(11(14)15)4-8(3)10(12)13/h6-8H,4-5H2,1-3H3,(H,14,15). The van der Waals surface area contributed by atoms with Gasteiger partial charge in [0, 0.05) is 18.7 Å². The Kier molecular flexibility index (Phi) is 3.50. The first-order chi connectivity index (χ1) is 6.91. The number of aliphatic carboxylic acids is 1. The molecule has 1 N–H and O–H groups in total. The molecular weight excluding hydrogens is 194 g/mol. The molecule has 15 heavy (non-hydrogen) atoms. The van der Waals surface area contributed by atoms with Gasteiger partial charge in [0.15, 0.2) is 0 Å². The molecule has 1 heterocycles. The lowest BCUT2D eigenvalue weighted by molar-refractivity contribution is -0.136. The Morgan fingerprint density at radius 2 is 2.27 bits per heavy atom. The van der Waals surface area contributed by atoms with Gasteiger partial charge in [-0.2, -0.15) is 0 Å². The van der Waals surface area contributed by atoms with Gasteiger partial charge in [0.25, 0.3) is 0 Å². The minimum atomic E-state index is -0.928. The van der Waals surface area contributed by atoms with Crippen molar-refractivity contribution in [3.8, 4) is 0 Å². The zero-order valence-electron chi connectivity index (χ0n) is 9.36. The Labute approximate surface area is 89.6 Å². The second kappa shape index (κ2) is 4.47. The molecule has 0 aliphatic carbocycles. The fourth-order valence-corrected chi connectivity index (χ4v) is 1.68. The summed E-state index contributed by atoms with van der Waals surface area (Å²) >= 11 is 0. The first kappa shape index (κ1) is 11.8. The van der Waals surface area contributed by atoms with Gasteiger partial charge in [0.05, 0.1) is 5.57 Å². The third kappa shape index (κ3) is 2.81. The van der Waals surface area contributed by atoms with Crippen LogP contribution in [0.5, 0.6) is 0 Å². The van der Waals surface area contributed by atoms with Crippen molar-refractivity contribution in [1.82, 2.24) is 4.90 Å². The molecule has 0 aromatic rings. The molecule has 4 nitrogen and oxygen atoms in total.